The number of aliphatic hydroxyl groups excluding tert-OH is 1. The number of hydrogen-bond acceptors (Lipinski definition) is 9. The molecule has 0 aromatic heterocycles. The summed E-state index contributed by atoms with van der Waals surface area (Å²) in [6.07, 6.45) is 5.79. The molecule has 0 aliphatic carbocycles. The molecule has 0 bridgehead atoms. The van der Waals surface area contributed by atoms with Crippen molar-refractivity contribution >= 4 is 38.4 Å². The van der Waals surface area contributed by atoms with Gasteiger partial charge in [0.25, 0.3) is 0 Å². The summed E-state index contributed by atoms with van der Waals surface area (Å²) in [6, 6.07) is 15.5. The van der Waals surface area contributed by atoms with Gasteiger partial charge in [-0.1, -0.05) is 81.5 Å². The van der Waals surface area contributed by atoms with E-state index in [1.807, 2.05) is 6.07 Å². The first kappa shape index (κ1) is 43.1. The summed E-state index contributed by atoms with van der Waals surface area (Å²) in [6.45, 7) is 13.3. The van der Waals surface area contributed by atoms with Crippen LogP contribution in [0.5, 0.6) is 5.75 Å². The second kappa shape index (κ2) is 19.4. The van der Waals surface area contributed by atoms with E-state index in [1.165, 1.54) is 0 Å². The van der Waals surface area contributed by atoms with E-state index in [4.69, 9.17) is 23.7 Å². The van der Waals surface area contributed by atoms with Crippen molar-refractivity contribution in [1.29, 1.82) is 0 Å². The number of benzene rings is 2. The van der Waals surface area contributed by atoms with Gasteiger partial charge in [-0.15, -0.1) is 0 Å². The number of aliphatic hydroxyl groups is 1. The lowest BCUT2D eigenvalue weighted by Crippen LogP contribution is -2.50. The van der Waals surface area contributed by atoms with E-state index in [-0.39, 0.29) is 65.6 Å². The molecule has 5 rings (SSSR count). The topological polar surface area (TPSA) is 118 Å². The third kappa shape index (κ3) is 10.7. The van der Waals surface area contributed by atoms with Crippen LogP contribution >= 0.6 is 22.6 Å². The molecule has 3 aliphatic heterocycles. The number of esters is 1. The summed E-state index contributed by atoms with van der Waals surface area (Å²) in [5.74, 6) is 0.590. The molecule has 2 aromatic carbocycles. The molecular formula is C43H61IO9S. The van der Waals surface area contributed by atoms with E-state index >= 15 is 0 Å². The molecule has 54 heavy (non-hydrogen) atoms. The number of fused-ring (bicyclic) bond motifs is 1. The highest BCUT2D eigenvalue weighted by Crippen LogP contribution is 2.46. The second-order valence-corrected chi connectivity index (χ2v) is 18.8. The molecule has 3 aliphatic rings. The van der Waals surface area contributed by atoms with Crippen LogP contribution in [0.3, 0.4) is 0 Å². The van der Waals surface area contributed by atoms with Crippen molar-refractivity contribution in [3.8, 4) is 5.75 Å². The Kier molecular flexibility index (Phi) is 15.5. The van der Waals surface area contributed by atoms with Crippen LogP contribution in [-0.4, -0.2) is 85.6 Å². The average molecular weight is 881 g/mol. The van der Waals surface area contributed by atoms with Gasteiger partial charge < -0.3 is 28.8 Å². The number of methoxy groups -OCH3 is 1. The quantitative estimate of drug-likeness (QED) is 0.0488. The Morgan fingerprint density at radius 3 is 2.41 bits per heavy atom. The highest BCUT2D eigenvalue weighted by molar-refractivity contribution is 14.1. The Morgan fingerprint density at radius 2 is 1.74 bits per heavy atom. The number of rotatable bonds is 19. The molecule has 11 heteroatoms. The Morgan fingerprint density at radius 1 is 1.02 bits per heavy atom. The molecule has 0 spiro atoms. The third-order valence-corrected chi connectivity index (χ3v) is 15.3. The van der Waals surface area contributed by atoms with E-state index in [1.54, 1.807) is 55.6 Å². The van der Waals surface area contributed by atoms with Crippen LogP contribution in [0.15, 0.2) is 71.6 Å². The molecule has 3 fully saturated rings. The number of hydrogen-bond donors (Lipinski definition) is 1. The normalized spacial score (nSPS) is 29.9. The van der Waals surface area contributed by atoms with Crippen LogP contribution in [0.4, 0.5) is 0 Å². The summed E-state index contributed by atoms with van der Waals surface area (Å²) in [5, 5.41) is 11.6. The number of halogens is 1. The van der Waals surface area contributed by atoms with E-state index in [0.29, 0.717) is 41.6 Å². The van der Waals surface area contributed by atoms with Gasteiger partial charge in [-0.05, 0) is 98.2 Å². The van der Waals surface area contributed by atoms with Crippen molar-refractivity contribution in [2.45, 2.75) is 133 Å². The van der Waals surface area contributed by atoms with E-state index in [9.17, 15) is 18.3 Å². The first-order valence-electron chi connectivity index (χ1n) is 19.8. The van der Waals surface area contributed by atoms with Gasteiger partial charge in [0.1, 0.15) is 11.4 Å². The monoisotopic (exact) mass is 880 g/mol. The lowest BCUT2D eigenvalue weighted by atomic mass is 9.82. The number of sulfone groups is 1. The standard InChI is InChI=1S/C43H61IO9S/c1-7-28(2)22-39-31(5)37(26-54(47,48)36-13-9-8-10-14-36)40(52-39)24-38(45)30(4)29(3)23-34-19-20-41-43(27-44,53-34)25-35(51-41)12-11-21-50-42(46)32-15-17-33(49-6)18-16-32/h8-10,13-18,28-29,31,34-35,37-41,45H,4,7,11-12,19-27H2,1-3,5-6H3/t28-,29-,31-,34?,35+,37-,38-,39-,40+,41+,43-/m1/s1. The minimum absolute atomic E-state index is 0.00689. The van der Waals surface area contributed by atoms with Crippen LogP contribution in [-0.2, 0) is 28.8 Å². The molecule has 1 unspecified atom stereocenters. The molecule has 3 saturated heterocycles. The molecule has 0 saturated carbocycles. The molecule has 3 heterocycles. The largest absolute Gasteiger partial charge is 0.497 e. The fourth-order valence-electron chi connectivity index (χ4n) is 8.51. The van der Waals surface area contributed by atoms with E-state index < -0.39 is 15.9 Å². The Balaban J connectivity index is 1.13. The van der Waals surface area contributed by atoms with Crippen molar-refractivity contribution in [2.24, 2.45) is 23.7 Å². The number of ether oxygens (including phenoxy) is 5. The van der Waals surface area contributed by atoms with Crippen molar-refractivity contribution in [3.63, 3.8) is 0 Å². The predicted molar refractivity (Wildman–Crippen MR) is 219 cm³/mol. The molecular weight excluding hydrogens is 819 g/mol. The van der Waals surface area contributed by atoms with Crippen LogP contribution in [0.2, 0.25) is 0 Å². The van der Waals surface area contributed by atoms with Gasteiger partial charge >= 0.3 is 5.97 Å². The van der Waals surface area contributed by atoms with E-state index in [0.717, 1.165) is 54.9 Å². The van der Waals surface area contributed by atoms with Gasteiger partial charge in [0.05, 0.1) is 66.6 Å². The van der Waals surface area contributed by atoms with Gasteiger partial charge in [0, 0.05) is 23.2 Å². The molecule has 1 N–H and O–H groups in total. The number of carbonyl (C=O) groups is 1. The minimum Gasteiger partial charge on any atom is -0.497 e. The molecule has 0 amide bonds. The van der Waals surface area contributed by atoms with Gasteiger partial charge in [0.15, 0.2) is 9.84 Å². The summed E-state index contributed by atoms with van der Waals surface area (Å²) in [4.78, 5) is 12.8. The molecule has 0 radical (unpaired) electrons. The van der Waals surface area contributed by atoms with Crippen molar-refractivity contribution < 1.29 is 42.0 Å². The van der Waals surface area contributed by atoms with Crippen LogP contribution in [0.1, 0.15) is 95.8 Å². The second-order valence-electron chi connectivity index (χ2n) is 16.0. The molecule has 9 nitrogen and oxygen atoms in total. The maximum Gasteiger partial charge on any atom is 0.338 e. The minimum atomic E-state index is -3.54. The zero-order valence-corrected chi connectivity index (χ0v) is 35.6. The predicted octanol–water partition coefficient (Wildman–Crippen LogP) is 8.41. The average Bonchev–Trinajstić information content (AvgIpc) is 3.68. The third-order valence-electron chi connectivity index (χ3n) is 12.2. The van der Waals surface area contributed by atoms with Crippen molar-refractivity contribution in [1.82, 2.24) is 0 Å². The first-order chi connectivity index (χ1) is 25.8. The lowest BCUT2D eigenvalue weighted by Gasteiger charge is -2.42. The smallest absolute Gasteiger partial charge is 0.338 e. The fraction of sp³-hybridized carbons (Fsp3) is 0.651. The Hall–Kier alpha value is -2.03. The molecule has 2 aromatic rings. The Bertz CT molecular complexity index is 1620. The lowest BCUT2D eigenvalue weighted by molar-refractivity contribution is -0.155. The summed E-state index contributed by atoms with van der Waals surface area (Å²) >= 11 is 2.41. The van der Waals surface area contributed by atoms with Gasteiger partial charge in [-0.2, -0.15) is 0 Å². The maximum atomic E-state index is 13.5. The molecule has 11 atom stereocenters. The number of alkyl halides is 1. The summed E-state index contributed by atoms with van der Waals surface area (Å²) in [7, 11) is -1.95. The maximum absolute atomic E-state index is 13.5. The van der Waals surface area contributed by atoms with Gasteiger partial charge in [0.2, 0.25) is 0 Å². The fourth-order valence-corrected chi connectivity index (χ4v) is 11.3. The van der Waals surface area contributed by atoms with Crippen molar-refractivity contribution in [2.75, 3.05) is 23.9 Å². The SMILES string of the molecule is C=C([C@H](C)CC1CC[C@@H]2O[C@@H](CCCOC(=O)c3ccc(OC)cc3)C[C@]2(CI)O1)[C@H](O)C[C@@H]1O[C@H](C[C@H](C)CC)[C@H](C)[C@H]1CS(=O)(=O)c1ccccc1. The van der Waals surface area contributed by atoms with Crippen LogP contribution in [0.25, 0.3) is 0 Å². The van der Waals surface area contributed by atoms with E-state index in [2.05, 4.69) is 56.9 Å². The molecule has 300 valence electrons. The Labute approximate surface area is 337 Å². The highest BCUT2D eigenvalue weighted by Gasteiger charge is 2.52. The van der Waals surface area contributed by atoms with Gasteiger partial charge in [-0.25, -0.2) is 13.2 Å². The van der Waals surface area contributed by atoms with Crippen molar-refractivity contribution in [3.05, 3.63) is 72.3 Å². The van der Waals surface area contributed by atoms with Gasteiger partial charge in [-0.3, -0.25) is 0 Å². The van der Waals surface area contributed by atoms with Crippen LogP contribution in [0, 0.1) is 23.7 Å². The zero-order chi connectivity index (χ0) is 39.0. The number of carbonyl (C=O) groups excluding carboxylic acids is 1. The highest BCUT2D eigenvalue weighted by atomic mass is 127. The summed E-state index contributed by atoms with van der Waals surface area (Å²) < 4.78 is 58.6. The van der Waals surface area contributed by atoms with Crippen LogP contribution < -0.4 is 4.74 Å². The first-order valence-corrected chi connectivity index (χ1v) is 23.0. The summed E-state index contributed by atoms with van der Waals surface area (Å²) in [5.41, 5.74) is 0.862. The zero-order valence-electron chi connectivity index (χ0n) is 32.7.